The number of sulfonamides is 1. The van der Waals surface area contributed by atoms with E-state index in [0.717, 1.165) is 16.9 Å². The van der Waals surface area contributed by atoms with Crippen molar-refractivity contribution >= 4 is 10.0 Å². The first-order chi connectivity index (χ1) is 12.8. The lowest BCUT2D eigenvalue weighted by molar-refractivity contribution is 0.146. The summed E-state index contributed by atoms with van der Waals surface area (Å²) in [5.74, 6) is 0.817. The summed E-state index contributed by atoms with van der Waals surface area (Å²) >= 11 is 0. The summed E-state index contributed by atoms with van der Waals surface area (Å²) in [7, 11) is 1.30. The molecule has 0 spiro atoms. The molecule has 0 saturated heterocycles. The number of rotatable bonds is 10. The van der Waals surface area contributed by atoms with Crippen LogP contribution in [0.5, 0.6) is 5.75 Å². The van der Waals surface area contributed by atoms with Crippen LogP contribution >= 0.6 is 0 Å². The van der Waals surface area contributed by atoms with Gasteiger partial charge < -0.3 is 14.8 Å². The molecule has 0 saturated carbocycles. The van der Waals surface area contributed by atoms with E-state index in [4.69, 9.17) is 9.47 Å². The van der Waals surface area contributed by atoms with Crippen LogP contribution in [0.1, 0.15) is 24.1 Å². The summed E-state index contributed by atoms with van der Waals surface area (Å²) in [6.07, 6.45) is 0. The zero-order valence-corrected chi connectivity index (χ0v) is 17.1. The van der Waals surface area contributed by atoms with Crippen LogP contribution in [0.3, 0.4) is 0 Å². The Morgan fingerprint density at radius 3 is 2.41 bits per heavy atom. The predicted molar refractivity (Wildman–Crippen MR) is 106 cm³/mol. The van der Waals surface area contributed by atoms with Gasteiger partial charge in [-0.2, -0.15) is 0 Å². The van der Waals surface area contributed by atoms with Crippen molar-refractivity contribution < 1.29 is 17.9 Å². The van der Waals surface area contributed by atoms with Gasteiger partial charge in [-0.15, -0.1) is 0 Å². The standard InChI is InChI=1S/C20H28N2O4S/c1-16(18-8-10-20(11-9-18)27(23,24)22(2)3)21-15-17-6-5-7-19(14-17)26-13-12-25-4/h5-11,14,16,21H,12-13,15H2,1-4H3. The largest absolute Gasteiger partial charge is 0.491 e. The average molecular weight is 393 g/mol. The fraction of sp³-hybridized carbons (Fsp3) is 0.400. The van der Waals surface area contributed by atoms with E-state index in [9.17, 15) is 8.42 Å². The first kappa shape index (κ1) is 21.4. The molecule has 0 fully saturated rings. The number of hydrogen-bond donors (Lipinski definition) is 1. The third-order valence-electron chi connectivity index (χ3n) is 4.23. The van der Waals surface area contributed by atoms with Crippen LogP contribution in [0.25, 0.3) is 0 Å². The highest BCUT2D eigenvalue weighted by atomic mass is 32.2. The van der Waals surface area contributed by atoms with E-state index in [-0.39, 0.29) is 6.04 Å². The second-order valence-corrected chi connectivity index (χ2v) is 8.60. The van der Waals surface area contributed by atoms with Crippen molar-refractivity contribution in [2.75, 3.05) is 34.4 Å². The molecule has 0 aliphatic rings. The van der Waals surface area contributed by atoms with Crippen molar-refractivity contribution in [1.29, 1.82) is 0 Å². The second kappa shape index (κ2) is 9.85. The van der Waals surface area contributed by atoms with Crippen LogP contribution in [0.15, 0.2) is 53.4 Å². The lowest BCUT2D eigenvalue weighted by Gasteiger charge is -2.16. The zero-order valence-electron chi connectivity index (χ0n) is 16.3. The predicted octanol–water partition coefficient (Wildman–Crippen LogP) is 2.81. The van der Waals surface area contributed by atoms with E-state index in [1.54, 1.807) is 19.2 Å². The molecule has 0 aliphatic heterocycles. The van der Waals surface area contributed by atoms with Crippen LogP contribution in [0.4, 0.5) is 0 Å². The van der Waals surface area contributed by atoms with Crippen molar-refractivity contribution in [1.82, 2.24) is 9.62 Å². The summed E-state index contributed by atoms with van der Waals surface area (Å²) in [5.41, 5.74) is 2.14. The Labute approximate surface area is 162 Å². The van der Waals surface area contributed by atoms with Gasteiger partial charge in [0.15, 0.2) is 0 Å². The third-order valence-corrected chi connectivity index (χ3v) is 6.05. The molecular formula is C20H28N2O4S. The summed E-state index contributed by atoms with van der Waals surface area (Å²) in [5, 5.41) is 3.45. The van der Waals surface area contributed by atoms with Gasteiger partial charge in [0, 0.05) is 33.8 Å². The molecular weight excluding hydrogens is 364 g/mol. The third kappa shape index (κ3) is 6.04. The normalized spacial score (nSPS) is 12.9. The maximum absolute atomic E-state index is 12.1. The van der Waals surface area contributed by atoms with E-state index in [2.05, 4.69) is 5.32 Å². The quantitative estimate of drug-likeness (QED) is 0.630. The molecule has 2 aromatic carbocycles. The SMILES string of the molecule is COCCOc1cccc(CNC(C)c2ccc(S(=O)(=O)N(C)C)cc2)c1. The Morgan fingerprint density at radius 1 is 1.07 bits per heavy atom. The van der Waals surface area contributed by atoms with Gasteiger partial charge in [0.05, 0.1) is 11.5 Å². The van der Waals surface area contributed by atoms with Crippen molar-refractivity contribution in [2.24, 2.45) is 0 Å². The summed E-state index contributed by atoms with van der Waals surface area (Å²) < 4.78 is 36.1. The van der Waals surface area contributed by atoms with Crippen molar-refractivity contribution in [2.45, 2.75) is 24.4 Å². The Balaban J connectivity index is 1.96. The minimum atomic E-state index is -3.40. The van der Waals surface area contributed by atoms with Crippen LogP contribution in [0.2, 0.25) is 0 Å². The second-order valence-electron chi connectivity index (χ2n) is 6.45. The minimum Gasteiger partial charge on any atom is -0.491 e. The maximum Gasteiger partial charge on any atom is 0.242 e. The fourth-order valence-electron chi connectivity index (χ4n) is 2.52. The molecule has 148 valence electrons. The molecule has 2 rings (SSSR count). The Bertz CT molecular complexity index is 820. The highest BCUT2D eigenvalue weighted by Crippen LogP contribution is 2.19. The number of benzene rings is 2. The summed E-state index contributed by atoms with van der Waals surface area (Å²) in [6, 6.07) is 15.0. The fourth-order valence-corrected chi connectivity index (χ4v) is 3.42. The van der Waals surface area contributed by atoms with Gasteiger partial charge in [-0.25, -0.2) is 12.7 Å². The molecule has 1 atom stereocenters. The molecule has 0 bridgehead atoms. The number of hydrogen-bond acceptors (Lipinski definition) is 5. The van der Waals surface area contributed by atoms with Gasteiger partial charge in [-0.3, -0.25) is 0 Å². The number of nitrogens with one attached hydrogen (secondary N) is 1. The van der Waals surface area contributed by atoms with E-state index < -0.39 is 10.0 Å². The number of methoxy groups -OCH3 is 1. The van der Waals surface area contributed by atoms with Crippen LogP contribution in [-0.2, 0) is 21.3 Å². The number of nitrogens with zero attached hydrogens (tertiary/aromatic N) is 1. The van der Waals surface area contributed by atoms with E-state index in [1.807, 2.05) is 43.3 Å². The monoisotopic (exact) mass is 392 g/mol. The molecule has 0 amide bonds. The first-order valence-corrected chi connectivity index (χ1v) is 10.2. The van der Waals surface area contributed by atoms with Gasteiger partial charge in [0.1, 0.15) is 12.4 Å². The van der Waals surface area contributed by atoms with Gasteiger partial charge in [-0.1, -0.05) is 24.3 Å². The Morgan fingerprint density at radius 2 is 1.78 bits per heavy atom. The van der Waals surface area contributed by atoms with E-state index in [0.29, 0.717) is 24.7 Å². The molecule has 2 aromatic rings. The van der Waals surface area contributed by atoms with Gasteiger partial charge in [-0.05, 0) is 42.3 Å². The summed E-state index contributed by atoms with van der Waals surface area (Å²) in [4.78, 5) is 0.296. The number of ether oxygens (including phenoxy) is 2. The molecule has 7 heteroatoms. The van der Waals surface area contributed by atoms with Gasteiger partial charge in [0.2, 0.25) is 10.0 Å². The molecule has 1 unspecified atom stereocenters. The highest BCUT2D eigenvalue weighted by Gasteiger charge is 2.17. The van der Waals surface area contributed by atoms with Gasteiger partial charge in [0.25, 0.3) is 0 Å². The van der Waals surface area contributed by atoms with Crippen LogP contribution < -0.4 is 10.1 Å². The highest BCUT2D eigenvalue weighted by molar-refractivity contribution is 7.89. The Hall–Kier alpha value is -1.93. The molecule has 6 nitrogen and oxygen atoms in total. The van der Waals surface area contributed by atoms with Gasteiger partial charge >= 0.3 is 0 Å². The van der Waals surface area contributed by atoms with Crippen molar-refractivity contribution in [3.63, 3.8) is 0 Å². The first-order valence-electron chi connectivity index (χ1n) is 8.81. The maximum atomic E-state index is 12.1. The van der Waals surface area contributed by atoms with Crippen molar-refractivity contribution in [3.05, 3.63) is 59.7 Å². The van der Waals surface area contributed by atoms with Crippen molar-refractivity contribution in [3.8, 4) is 5.75 Å². The summed E-state index contributed by atoms with van der Waals surface area (Å²) in [6.45, 7) is 3.81. The van der Waals surface area contributed by atoms with E-state index in [1.165, 1.54) is 18.4 Å². The average Bonchev–Trinajstić information content (AvgIpc) is 2.66. The molecule has 0 heterocycles. The Kier molecular flexibility index (Phi) is 7.79. The lowest BCUT2D eigenvalue weighted by atomic mass is 10.1. The van der Waals surface area contributed by atoms with E-state index >= 15 is 0 Å². The molecule has 27 heavy (non-hydrogen) atoms. The molecule has 0 aromatic heterocycles. The smallest absolute Gasteiger partial charge is 0.242 e. The zero-order chi connectivity index (χ0) is 19.9. The molecule has 0 aliphatic carbocycles. The van der Waals surface area contributed by atoms with Crippen LogP contribution in [0, 0.1) is 0 Å². The molecule has 0 radical (unpaired) electrons. The lowest BCUT2D eigenvalue weighted by Crippen LogP contribution is -2.22. The topological polar surface area (TPSA) is 67.9 Å². The van der Waals surface area contributed by atoms with Crippen LogP contribution in [-0.4, -0.2) is 47.1 Å². The minimum absolute atomic E-state index is 0.0826. The molecule has 1 N–H and O–H groups in total.